The number of aromatic nitrogens is 2. The largest absolute Gasteiger partial charge is 0.416 e. The highest BCUT2D eigenvalue weighted by atomic mass is 79.9. The van der Waals surface area contributed by atoms with Gasteiger partial charge in [0.05, 0.1) is 62.2 Å². The van der Waals surface area contributed by atoms with Crippen LogP contribution in [0.4, 0.5) is 105 Å². The smallest absolute Gasteiger partial charge is 0.252 e. The van der Waals surface area contributed by atoms with Crippen LogP contribution in [0.15, 0.2) is 122 Å². The average Bonchev–Trinajstić information content (AvgIpc) is 3.25. The Kier molecular flexibility index (Phi) is 15.7. The highest BCUT2D eigenvalue weighted by Crippen LogP contribution is 2.41. The van der Waals surface area contributed by atoms with Crippen LogP contribution in [0.2, 0.25) is 0 Å². The van der Waals surface area contributed by atoms with E-state index >= 15 is 0 Å². The monoisotopic (exact) mass is 1130 g/mol. The summed E-state index contributed by atoms with van der Waals surface area (Å²) in [5.41, 5.74) is -27.7. The topological polar surface area (TPSA) is 16.8 Å². The molecule has 0 amide bonds. The average molecular weight is 1130 g/mol. The van der Waals surface area contributed by atoms with E-state index in [1.807, 2.05) is 24.7 Å². The van der Waals surface area contributed by atoms with Gasteiger partial charge in [-0.05, 0) is 24.3 Å². The Bertz CT molecular complexity index is 2440. The Balaban J connectivity index is 0.000000542. The third kappa shape index (κ3) is 13.2. The predicted molar refractivity (Wildman–Crippen MR) is 213 cm³/mol. The molecule has 0 bridgehead atoms. The van der Waals surface area contributed by atoms with Crippen LogP contribution in [0, 0.1) is 0 Å². The van der Waals surface area contributed by atoms with E-state index in [1.54, 1.807) is 0 Å². The third-order valence-corrected chi connectivity index (χ3v) is 11.3. The Morgan fingerprint density at radius 3 is 0.847 bits per heavy atom. The molecular weight excluding hydrogens is 1100 g/mol. The minimum Gasteiger partial charge on any atom is -0.252 e. The van der Waals surface area contributed by atoms with Gasteiger partial charge in [0.25, 0.3) is 0 Å². The van der Waals surface area contributed by atoms with E-state index < -0.39 is 195 Å². The molecule has 1 heterocycles. The van der Waals surface area contributed by atoms with Crippen molar-refractivity contribution in [1.29, 1.82) is 0 Å². The van der Waals surface area contributed by atoms with Gasteiger partial charge in [-0.25, -0.2) is 0 Å². The van der Waals surface area contributed by atoms with Crippen LogP contribution in [0.1, 0.15) is 55.8 Å². The molecule has 0 aliphatic carbocycles. The van der Waals surface area contributed by atoms with E-state index in [9.17, 15) is 105 Å². The molecule has 0 N–H and O–H groups in total. The van der Waals surface area contributed by atoms with Crippen molar-refractivity contribution >= 4 is 43.9 Å². The summed E-state index contributed by atoms with van der Waals surface area (Å²) in [6, 6.07) is 1.61. The van der Waals surface area contributed by atoms with Crippen LogP contribution in [0.25, 0.3) is 0 Å². The highest BCUT2D eigenvalue weighted by Gasteiger charge is 2.47. The van der Waals surface area contributed by atoms with Gasteiger partial charge in [-0.3, -0.25) is 4.98 Å². The lowest BCUT2D eigenvalue weighted by Crippen LogP contribution is -2.75. The molecule has 388 valence electrons. The summed E-state index contributed by atoms with van der Waals surface area (Å²) in [7, 11) is 0. The molecular formula is C44H24BBrF24N2. The second kappa shape index (κ2) is 19.8. The lowest BCUT2D eigenvalue weighted by molar-refractivity contribution is -0.695. The summed E-state index contributed by atoms with van der Waals surface area (Å²) < 4.78 is 343. The quantitative estimate of drug-likeness (QED) is 0.0674. The van der Waals surface area contributed by atoms with Gasteiger partial charge >= 0.3 is 49.4 Å². The summed E-state index contributed by atoms with van der Waals surface area (Å²) in [5.74, 6) is 0. The van der Waals surface area contributed by atoms with Crippen molar-refractivity contribution in [2.45, 2.75) is 61.3 Å². The van der Waals surface area contributed by atoms with Crippen LogP contribution >= 0.6 is 15.9 Å². The first-order chi connectivity index (χ1) is 32.7. The van der Waals surface area contributed by atoms with Crippen molar-refractivity contribution in [3.05, 3.63) is 177 Å². The van der Waals surface area contributed by atoms with Crippen molar-refractivity contribution in [1.82, 2.24) is 4.98 Å². The zero-order valence-corrected chi connectivity index (χ0v) is 36.5. The molecule has 0 saturated heterocycles. The molecule has 0 aliphatic rings. The fourth-order valence-corrected chi connectivity index (χ4v) is 8.00. The maximum absolute atomic E-state index is 14.2. The van der Waals surface area contributed by atoms with Crippen LogP contribution in [-0.2, 0) is 61.3 Å². The summed E-state index contributed by atoms with van der Waals surface area (Å²) in [5, 5.41) is 0.827. The van der Waals surface area contributed by atoms with E-state index in [2.05, 4.69) is 49.7 Å². The first kappa shape index (κ1) is 57.0. The number of rotatable bonds is 7. The summed E-state index contributed by atoms with van der Waals surface area (Å²) in [4.78, 5) is 4.11. The van der Waals surface area contributed by atoms with Gasteiger partial charge in [-0.1, -0.05) is 94.8 Å². The molecule has 0 fully saturated rings. The van der Waals surface area contributed by atoms with Crippen LogP contribution in [0.3, 0.4) is 0 Å². The predicted octanol–water partition coefficient (Wildman–Crippen LogP) is 13.5. The van der Waals surface area contributed by atoms with Gasteiger partial charge in [-0.2, -0.15) is 132 Å². The van der Waals surface area contributed by atoms with Gasteiger partial charge in [0.15, 0.2) is 12.7 Å². The zero-order valence-electron chi connectivity index (χ0n) is 34.9. The van der Waals surface area contributed by atoms with Gasteiger partial charge in [-0.15, -0.1) is 0 Å². The van der Waals surface area contributed by atoms with E-state index in [-0.39, 0.29) is 0 Å². The molecule has 28 heteroatoms. The number of hydrogen-bond donors (Lipinski definition) is 0. The Hall–Kier alpha value is -5.96. The van der Waals surface area contributed by atoms with Crippen LogP contribution in [-0.4, -0.2) is 11.1 Å². The molecule has 0 unspecified atom stereocenters. The summed E-state index contributed by atoms with van der Waals surface area (Å²) in [6.45, 7) is 0.893. The Morgan fingerprint density at radius 1 is 0.375 bits per heavy atom. The molecule has 1 aromatic heterocycles. The molecule has 0 atom stereocenters. The first-order valence-electron chi connectivity index (χ1n) is 19.4. The third-order valence-electron chi connectivity index (χ3n) is 10.7. The van der Waals surface area contributed by atoms with E-state index in [0.717, 1.165) is 11.9 Å². The molecule has 2 nitrogen and oxygen atoms in total. The minimum atomic E-state index is -6.13. The number of alkyl halides is 25. The van der Waals surface area contributed by atoms with Crippen LogP contribution in [0.5, 0.6) is 0 Å². The lowest BCUT2D eigenvalue weighted by Gasteiger charge is -2.46. The second-order valence-corrected chi connectivity index (χ2v) is 16.1. The second-order valence-electron chi connectivity index (χ2n) is 15.5. The van der Waals surface area contributed by atoms with Crippen molar-refractivity contribution in [3.63, 3.8) is 0 Å². The normalized spacial score (nSPS) is 13.5. The zero-order chi connectivity index (χ0) is 54.4. The van der Waals surface area contributed by atoms with Gasteiger partial charge < -0.3 is 0 Å². The van der Waals surface area contributed by atoms with E-state index in [1.165, 1.54) is 11.3 Å². The van der Waals surface area contributed by atoms with Crippen molar-refractivity contribution in [3.8, 4) is 0 Å². The number of hydrogen-bond acceptors (Lipinski definition) is 1. The maximum Gasteiger partial charge on any atom is 0.416 e. The Labute approximate surface area is 397 Å². The fraction of sp³-hybridized carbons (Fsp3) is 0.227. The molecule has 0 saturated carbocycles. The number of nitrogens with zero attached hydrogens (tertiary/aromatic N) is 2. The molecule has 5 aromatic carbocycles. The van der Waals surface area contributed by atoms with Gasteiger partial charge in [0, 0.05) is 5.56 Å². The summed E-state index contributed by atoms with van der Waals surface area (Å²) >= 11 is 3.46. The molecule has 72 heavy (non-hydrogen) atoms. The fourth-order valence-electron chi connectivity index (χ4n) is 7.53. The highest BCUT2D eigenvalue weighted by molar-refractivity contribution is 9.08. The van der Waals surface area contributed by atoms with Crippen molar-refractivity contribution < 1.29 is 110 Å². The molecule has 6 aromatic rings. The van der Waals surface area contributed by atoms with Gasteiger partial charge in [0.1, 0.15) is 6.15 Å². The summed E-state index contributed by atoms with van der Waals surface area (Å²) in [6.07, 6.45) is -49.1. The van der Waals surface area contributed by atoms with Crippen molar-refractivity contribution in [2.24, 2.45) is 0 Å². The maximum atomic E-state index is 14.2. The van der Waals surface area contributed by atoms with Gasteiger partial charge in [0.2, 0.25) is 5.69 Å². The van der Waals surface area contributed by atoms with Crippen LogP contribution < -0.4 is 26.4 Å². The molecule has 6 rings (SSSR count). The SMILES string of the molecule is BrCc1cncc[n+]1Cc1ccccc1.FC(F)(F)c1cc([B-](c2cc(C(F)(F)F)cc(C(F)(F)F)c2)(c2cc(C(F)(F)F)cc(C(F)(F)F)c2)c2cc(C(F)(F)F)cc(C(F)(F)F)c2)cc(C(F)(F)F)c1. The lowest BCUT2D eigenvalue weighted by atomic mass is 9.12. The van der Waals surface area contributed by atoms with E-state index in [4.69, 9.17) is 0 Å². The van der Waals surface area contributed by atoms with Crippen molar-refractivity contribution in [2.75, 3.05) is 0 Å². The Morgan fingerprint density at radius 2 is 0.625 bits per heavy atom. The number of benzene rings is 5. The molecule has 0 aliphatic heterocycles. The minimum absolute atomic E-state index is 0.691. The molecule has 0 radical (unpaired) electrons. The first-order valence-corrected chi connectivity index (χ1v) is 20.6. The molecule has 0 spiro atoms. The standard InChI is InChI=1S/C32H12BF24.C12H12BrN2/c34-25(35,36)13-1-14(26(37,38)39)6-21(5-13)33(22-7-15(27(40,41)42)2-16(8-22)28(43,44)45,23-9-17(29(46,47)48)3-18(10-23)30(49,50)51)24-11-19(31(52,53)54)4-20(12-24)32(55,56)57;13-8-12-9-14-6-7-15(12)10-11-4-2-1-3-5-11/h1-12H;1-7,9H,8,10H2/q-1;+1. The number of halogens is 25. The van der Waals surface area contributed by atoms with E-state index in [0.29, 0.717) is 0 Å².